The van der Waals surface area contributed by atoms with Gasteiger partial charge in [0.2, 0.25) is 6.29 Å². The van der Waals surface area contributed by atoms with Crippen molar-refractivity contribution < 1.29 is 40.1 Å². The predicted octanol–water partition coefficient (Wildman–Crippen LogP) is 21.9. The molecule has 0 radical (unpaired) electrons. The average Bonchev–Trinajstić information content (AvgIpc) is 0.834. The fraction of sp³-hybridized carbons (Fsp3) is 0.610. The van der Waals surface area contributed by atoms with Crippen molar-refractivity contribution in [3.05, 3.63) is 149 Å². The minimum atomic E-state index is -0.748. The van der Waals surface area contributed by atoms with Crippen LogP contribution in [0.15, 0.2) is 70.9 Å². The van der Waals surface area contributed by atoms with Crippen LogP contribution in [-0.2, 0) is 0 Å². The molecule has 0 fully saturated rings. The molecule has 6 N–H and O–H groups in total. The summed E-state index contributed by atoms with van der Waals surface area (Å²) in [5, 5.41) is 62.7. The molecular formula is C82H120O8. The van der Waals surface area contributed by atoms with Gasteiger partial charge in [0.25, 0.3) is 0 Å². The quantitative estimate of drug-likeness (QED) is 0.0647. The van der Waals surface area contributed by atoms with Gasteiger partial charge in [0.15, 0.2) is 0 Å². The zero-order valence-corrected chi connectivity index (χ0v) is 59.4. The zero-order chi connectivity index (χ0) is 66.2. The van der Waals surface area contributed by atoms with Crippen molar-refractivity contribution in [3.63, 3.8) is 0 Å². The second kappa shape index (κ2) is 31.9. The first kappa shape index (κ1) is 72.0. The Morgan fingerprint density at radius 3 is 1.42 bits per heavy atom. The number of benzene rings is 4. The Morgan fingerprint density at radius 1 is 0.489 bits per heavy atom. The lowest BCUT2D eigenvalue weighted by Gasteiger charge is -2.43. The molecule has 1 unspecified atom stereocenters. The molecular weight excluding hydrogens is 1110 g/mol. The van der Waals surface area contributed by atoms with Crippen LogP contribution in [-0.4, -0.2) is 50.1 Å². The maximum Gasteiger partial charge on any atom is 0.200 e. The summed E-state index contributed by atoms with van der Waals surface area (Å²) < 4.78 is 12.0. The zero-order valence-electron chi connectivity index (χ0n) is 59.4. The Balaban J connectivity index is 0.000000171. The molecule has 8 nitrogen and oxygen atoms in total. The highest BCUT2D eigenvalue weighted by molar-refractivity contribution is 5.60. The molecule has 10 rings (SSSR count). The van der Waals surface area contributed by atoms with E-state index >= 15 is 0 Å². The van der Waals surface area contributed by atoms with Crippen molar-refractivity contribution in [3.8, 4) is 34.5 Å². The molecule has 2 aliphatic heterocycles. The molecule has 0 spiro atoms. The number of ether oxygens (including phenoxy) is 2. The van der Waals surface area contributed by atoms with Gasteiger partial charge < -0.3 is 40.1 Å². The van der Waals surface area contributed by atoms with E-state index in [9.17, 15) is 30.6 Å². The summed E-state index contributed by atoms with van der Waals surface area (Å²) in [5.41, 5.74) is 21.6. The van der Waals surface area contributed by atoms with Crippen LogP contribution in [0.4, 0.5) is 0 Å². The van der Waals surface area contributed by atoms with Gasteiger partial charge in [-0.15, -0.1) is 0 Å². The van der Waals surface area contributed by atoms with Gasteiger partial charge in [-0.3, -0.25) is 0 Å². The van der Waals surface area contributed by atoms with Crippen LogP contribution >= 0.6 is 0 Å². The van der Waals surface area contributed by atoms with Crippen molar-refractivity contribution in [2.24, 2.45) is 23.7 Å². The molecule has 13 atom stereocenters. The van der Waals surface area contributed by atoms with Gasteiger partial charge in [0.1, 0.15) is 34.5 Å². The summed E-state index contributed by atoms with van der Waals surface area (Å²) in [6.45, 7) is 41.7. The molecule has 0 bridgehead atoms. The van der Waals surface area contributed by atoms with Crippen LogP contribution in [0.3, 0.4) is 0 Å². The molecule has 0 aromatic heterocycles. The van der Waals surface area contributed by atoms with Crippen molar-refractivity contribution in [1.82, 2.24) is 0 Å². The van der Waals surface area contributed by atoms with Crippen LogP contribution < -0.4 is 9.47 Å². The molecule has 4 aromatic rings. The molecule has 8 heteroatoms. The highest BCUT2D eigenvalue weighted by Gasteiger charge is 2.44. The standard InChI is InChI=1S/C21H32O2.C21H32O.C20H28O3.C20H28O2/c1-13(2)7-6-8-17(12-22)18-10-9-14(3)20-19(18)11-15(4)16(5)21(20)23;1-13(2)8-7-9-14(3)18-11-10-15(4)20-19(18)12-16(5)17(6)21(20)22;1-11(2)6-5-7-15-14-9-8-12(3)17-16(21)10-13(4)19(18(14)17)23-20(15)22;1-12(2)6-5-7-15-11-22-20-14(4)10-17(21)18-13(3)8-9-16(15)19(18)20/h7,11,14,17-18,22-23H,6,8-10,12H2,1-5H3;8,12,14-15,18,22H,7,9-11H2,1-6H3;6,10,12,14-15,20-22H,5,7-9H2,1-4H3;6,10,13,15-16,21H,5,7-9,11H2,1-4H3/t14-,17-,18+;14-,15+,18-;12-,14+,15+,20?;13-,15-,16+/m1011/s1. The van der Waals surface area contributed by atoms with E-state index in [1.807, 2.05) is 26.8 Å². The number of rotatable bonds is 15. The van der Waals surface area contributed by atoms with E-state index in [4.69, 9.17) is 9.47 Å². The molecule has 2 heterocycles. The molecule has 4 aliphatic carbocycles. The van der Waals surface area contributed by atoms with Crippen LogP contribution in [0.2, 0.25) is 0 Å². The van der Waals surface area contributed by atoms with Crippen LogP contribution in [0.25, 0.3) is 0 Å². The number of hydrogen-bond acceptors (Lipinski definition) is 8. The Hall–Kier alpha value is -5.44. The summed E-state index contributed by atoms with van der Waals surface area (Å²) in [5.74, 6) is 8.87. The second-order valence-corrected chi connectivity index (χ2v) is 30.0. The summed E-state index contributed by atoms with van der Waals surface area (Å²) in [4.78, 5) is 0. The van der Waals surface area contributed by atoms with Crippen molar-refractivity contribution in [2.75, 3.05) is 13.2 Å². The highest BCUT2D eigenvalue weighted by atomic mass is 16.6. The average molecular weight is 1230 g/mol. The third kappa shape index (κ3) is 16.7. The number of hydrogen-bond donors (Lipinski definition) is 6. The molecule has 6 aliphatic rings. The lowest BCUT2D eigenvalue weighted by molar-refractivity contribution is -0.0882. The van der Waals surface area contributed by atoms with Gasteiger partial charge in [-0.1, -0.05) is 93.3 Å². The summed E-state index contributed by atoms with van der Waals surface area (Å²) >= 11 is 0. The fourth-order valence-corrected chi connectivity index (χ4v) is 16.5. The van der Waals surface area contributed by atoms with Gasteiger partial charge >= 0.3 is 0 Å². The summed E-state index contributed by atoms with van der Waals surface area (Å²) in [6.07, 6.45) is 26.2. The maximum atomic E-state index is 10.6. The maximum absolute atomic E-state index is 10.6. The molecule has 0 saturated carbocycles. The van der Waals surface area contributed by atoms with E-state index in [-0.39, 0.29) is 24.4 Å². The predicted molar refractivity (Wildman–Crippen MR) is 376 cm³/mol. The number of fused-ring (bicyclic) bond motifs is 2. The first-order chi connectivity index (χ1) is 42.6. The first-order valence-electron chi connectivity index (χ1n) is 35.1. The Labute approximate surface area is 545 Å². The second-order valence-electron chi connectivity index (χ2n) is 30.0. The van der Waals surface area contributed by atoms with Crippen LogP contribution in [0, 0.1) is 65.2 Å². The summed E-state index contributed by atoms with van der Waals surface area (Å²) in [6, 6.07) is 8.27. The van der Waals surface area contributed by atoms with E-state index < -0.39 is 6.29 Å². The van der Waals surface area contributed by atoms with Gasteiger partial charge in [-0.25, -0.2) is 0 Å². The van der Waals surface area contributed by atoms with Gasteiger partial charge in [-0.05, 0) is 315 Å². The Morgan fingerprint density at radius 2 is 0.911 bits per heavy atom. The third-order valence-electron chi connectivity index (χ3n) is 22.0. The number of aromatic hydroxyl groups is 4. The van der Waals surface area contributed by atoms with E-state index in [2.05, 4.69) is 147 Å². The fourth-order valence-electron chi connectivity index (χ4n) is 16.5. The lowest BCUT2D eigenvalue weighted by atomic mass is 9.68. The van der Waals surface area contributed by atoms with Crippen molar-refractivity contribution in [2.45, 2.75) is 288 Å². The molecule has 90 heavy (non-hydrogen) atoms. The highest BCUT2D eigenvalue weighted by Crippen LogP contribution is 2.57. The van der Waals surface area contributed by atoms with E-state index in [1.54, 1.807) is 6.07 Å². The number of phenolic OH excluding ortho intramolecular Hbond substituents is 4. The van der Waals surface area contributed by atoms with Gasteiger partial charge in [0, 0.05) is 51.8 Å². The number of aliphatic hydroxyl groups excluding tert-OH is 2. The minimum Gasteiger partial charge on any atom is -0.508 e. The number of aliphatic hydroxyl groups is 2. The van der Waals surface area contributed by atoms with E-state index in [0.29, 0.717) is 76.3 Å². The largest absolute Gasteiger partial charge is 0.508 e. The van der Waals surface area contributed by atoms with Crippen LogP contribution in [0.1, 0.15) is 318 Å². The van der Waals surface area contributed by atoms with Crippen LogP contribution in [0.5, 0.6) is 34.5 Å². The number of aryl methyl sites for hydroxylation is 4. The molecule has 496 valence electrons. The monoisotopic (exact) mass is 1230 g/mol. The van der Waals surface area contributed by atoms with Crippen molar-refractivity contribution in [1.29, 1.82) is 0 Å². The number of phenols is 4. The Bertz CT molecular complexity index is 3230. The van der Waals surface area contributed by atoms with E-state index in [0.717, 1.165) is 126 Å². The Kier molecular flexibility index (Phi) is 25.5. The molecule has 0 amide bonds. The van der Waals surface area contributed by atoms with Crippen molar-refractivity contribution >= 4 is 0 Å². The smallest absolute Gasteiger partial charge is 0.200 e. The topological polar surface area (TPSA) is 140 Å². The molecule has 4 aromatic carbocycles. The minimum absolute atomic E-state index is 0.102. The lowest BCUT2D eigenvalue weighted by Crippen LogP contribution is -2.38. The number of allylic oxidation sites excluding steroid dienone is 8. The normalized spacial score (nSPS) is 24.7. The van der Waals surface area contributed by atoms with Gasteiger partial charge in [0.05, 0.1) is 6.61 Å². The first-order valence-corrected chi connectivity index (χ1v) is 35.1. The third-order valence-corrected chi connectivity index (χ3v) is 22.0. The summed E-state index contributed by atoms with van der Waals surface area (Å²) in [7, 11) is 0. The molecule has 0 saturated heterocycles. The van der Waals surface area contributed by atoms with Gasteiger partial charge in [-0.2, -0.15) is 0 Å². The van der Waals surface area contributed by atoms with E-state index in [1.165, 1.54) is 95.1 Å². The SMILES string of the molecule is CC(C)=CCC[C@@H]1C(O)Oc2c(C)cc(O)c3c2[C@H]1CC[C@H]3C.CC(C)=CCC[C@@H]1COc2c(C)cc(O)c3c2[C@H]1CC[C@H]3C.CC(C)=CCC[C@H](C)[C@@H]1CC[C@@H](C)c2c1cc(C)c(C)c2O.CC(C)=CCC[C@H](CO)[C@@H]1CC[C@@H](C)c2c1cc(C)c(C)c2O.